The summed E-state index contributed by atoms with van der Waals surface area (Å²) in [4.78, 5) is 0. The van der Waals surface area contributed by atoms with Crippen LogP contribution in [-0.2, 0) is 9.47 Å². The molecule has 1 heterocycles. The summed E-state index contributed by atoms with van der Waals surface area (Å²) < 4.78 is 12.0. The zero-order valence-electron chi connectivity index (χ0n) is 15.8. The van der Waals surface area contributed by atoms with Crippen molar-refractivity contribution in [2.24, 2.45) is 11.3 Å². The second-order valence-electron chi connectivity index (χ2n) is 8.25. The Kier molecular flexibility index (Phi) is 5.31. The van der Waals surface area contributed by atoms with Crippen LogP contribution in [0.15, 0.2) is 10.8 Å². The summed E-state index contributed by atoms with van der Waals surface area (Å²) in [6, 6.07) is 4.15. The van der Waals surface area contributed by atoms with E-state index in [2.05, 4.69) is 34.6 Å². The van der Waals surface area contributed by atoms with Crippen molar-refractivity contribution in [1.29, 1.82) is 0 Å². The molecule has 0 N–H and O–H groups in total. The second-order valence-corrected chi connectivity index (χ2v) is 13.7. The van der Waals surface area contributed by atoms with Gasteiger partial charge in [-0.2, -0.15) is 0 Å². The molecule has 0 amide bonds. The molecule has 2 fully saturated rings. The van der Waals surface area contributed by atoms with Gasteiger partial charge in [0.05, 0.1) is 21.3 Å². The van der Waals surface area contributed by atoms with Gasteiger partial charge in [0.15, 0.2) is 5.79 Å². The first-order chi connectivity index (χ1) is 10.2. The van der Waals surface area contributed by atoms with Crippen LogP contribution in [0, 0.1) is 11.3 Å². The predicted octanol–water partition coefficient (Wildman–Crippen LogP) is 5.55. The summed E-state index contributed by atoms with van der Waals surface area (Å²) >= 11 is 0. The van der Waals surface area contributed by atoms with Crippen molar-refractivity contribution >= 4 is 8.07 Å². The zero-order chi connectivity index (χ0) is 16.6. The van der Waals surface area contributed by atoms with Crippen LogP contribution >= 0.6 is 0 Å². The third-order valence-electron chi connectivity index (χ3n) is 6.66. The molecule has 22 heavy (non-hydrogen) atoms. The van der Waals surface area contributed by atoms with Gasteiger partial charge in [0.2, 0.25) is 0 Å². The van der Waals surface area contributed by atoms with Gasteiger partial charge >= 0.3 is 0 Å². The number of allylic oxidation sites excluding steroid dienone is 2. The summed E-state index contributed by atoms with van der Waals surface area (Å²) in [5, 5.41) is 1.80. The smallest absolute Gasteiger partial charge is 0.162 e. The highest BCUT2D eigenvalue weighted by Crippen LogP contribution is 2.51. The molecule has 2 aliphatic rings. The fourth-order valence-electron chi connectivity index (χ4n) is 4.77. The van der Waals surface area contributed by atoms with Gasteiger partial charge in [-0.05, 0) is 39.5 Å². The van der Waals surface area contributed by atoms with E-state index in [0.29, 0.717) is 5.92 Å². The molecule has 1 unspecified atom stereocenters. The molecule has 1 saturated heterocycles. The first-order valence-corrected chi connectivity index (χ1v) is 11.8. The lowest BCUT2D eigenvalue weighted by Crippen LogP contribution is -2.45. The minimum Gasteiger partial charge on any atom is -0.350 e. The minimum absolute atomic E-state index is 0.237. The van der Waals surface area contributed by atoms with Crippen LogP contribution in [0.1, 0.15) is 61.3 Å². The molecule has 1 saturated carbocycles. The van der Waals surface area contributed by atoms with E-state index in [1.54, 1.807) is 10.8 Å². The minimum atomic E-state index is -1.24. The Hall–Kier alpha value is -0.123. The second kappa shape index (κ2) is 6.41. The standard InChI is InChI=1S/C19H36O2Si/c1-8-22(9-2,10-3)16(5)17-12-19(11-15(17)4)13-20-18(6,7)21-14-19/h15H,8-14H2,1-7H3/b17-16-. The van der Waals surface area contributed by atoms with Crippen LogP contribution < -0.4 is 0 Å². The molecular weight excluding hydrogens is 288 g/mol. The van der Waals surface area contributed by atoms with Crippen molar-refractivity contribution < 1.29 is 9.47 Å². The fourth-order valence-corrected chi connectivity index (χ4v) is 8.88. The Bertz CT molecular complexity index is 416. The van der Waals surface area contributed by atoms with Crippen LogP contribution in [0.5, 0.6) is 0 Å². The van der Waals surface area contributed by atoms with E-state index in [1.165, 1.54) is 31.0 Å². The van der Waals surface area contributed by atoms with Crippen LogP contribution in [-0.4, -0.2) is 27.1 Å². The lowest BCUT2D eigenvalue weighted by Gasteiger charge is -2.41. The van der Waals surface area contributed by atoms with Crippen molar-refractivity contribution in [3.8, 4) is 0 Å². The molecule has 3 heteroatoms. The van der Waals surface area contributed by atoms with Crippen LogP contribution in [0.2, 0.25) is 18.1 Å². The van der Waals surface area contributed by atoms with Gasteiger partial charge in [0.25, 0.3) is 0 Å². The van der Waals surface area contributed by atoms with Crippen molar-refractivity contribution in [3.05, 3.63) is 10.8 Å². The molecule has 1 atom stereocenters. The highest BCUT2D eigenvalue weighted by molar-refractivity contribution is 6.86. The molecular formula is C19H36O2Si. The topological polar surface area (TPSA) is 18.5 Å². The number of ether oxygens (including phenoxy) is 2. The summed E-state index contributed by atoms with van der Waals surface area (Å²) in [5.41, 5.74) is 1.99. The monoisotopic (exact) mass is 324 g/mol. The van der Waals surface area contributed by atoms with Gasteiger partial charge < -0.3 is 9.47 Å². The van der Waals surface area contributed by atoms with E-state index >= 15 is 0 Å². The van der Waals surface area contributed by atoms with Crippen molar-refractivity contribution in [1.82, 2.24) is 0 Å². The highest BCUT2D eigenvalue weighted by atomic mass is 28.3. The number of rotatable bonds is 4. The number of hydrogen-bond acceptors (Lipinski definition) is 2. The Morgan fingerprint density at radius 1 is 1.09 bits per heavy atom. The van der Waals surface area contributed by atoms with Crippen molar-refractivity contribution in [2.45, 2.75) is 85.2 Å². The normalized spacial score (nSPS) is 29.9. The maximum Gasteiger partial charge on any atom is 0.162 e. The Morgan fingerprint density at radius 3 is 2.05 bits per heavy atom. The summed E-state index contributed by atoms with van der Waals surface area (Å²) in [6.07, 6.45) is 2.43. The van der Waals surface area contributed by atoms with Gasteiger partial charge in [0.1, 0.15) is 0 Å². The molecule has 0 aromatic carbocycles. The van der Waals surface area contributed by atoms with Crippen LogP contribution in [0.4, 0.5) is 0 Å². The number of hydrogen-bond donors (Lipinski definition) is 0. The van der Waals surface area contributed by atoms with E-state index < -0.39 is 13.9 Å². The highest BCUT2D eigenvalue weighted by Gasteiger charge is 2.47. The molecule has 128 valence electrons. The molecule has 2 rings (SSSR count). The molecule has 0 radical (unpaired) electrons. The van der Waals surface area contributed by atoms with Crippen molar-refractivity contribution in [3.63, 3.8) is 0 Å². The summed E-state index contributed by atoms with van der Waals surface area (Å²) in [5.74, 6) is 0.301. The summed E-state index contributed by atoms with van der Waals surface area (Å²) in [7, 11) is -1.24. The van der Waals surface area contributed by atoms with Crippen LogP contribution in [0.25, 0.3) is 0 Å². The Balaban J connectivity index is 2.25. The largest absolute Gasteiger partial charge is 0.350 e. The van der Waals surface area contributed by atoms with Gasteiger partial charge in [-0.1, -0.05) is 56.6 Å². The molecule has 1 aliphatic carbocycles. The maximum atomic E-state index is 6.01. The quantitative estimate of drug-likeness (QED) is 0.631. The van der Waals surface area contributed by atoms with Gasteiger partial charge in [-0.15, -0.1) is 0 Å². The molecule has 1 spiro atoms. The van der Waals surface area contributed by atoms with Crippen LogP contribution in [0.3, 0.4) is 0 Å². The summed E-state index contributed by atoms with van der Waals surface area (Å²) in [6.45, 7) is 17.9. The Labute approximate surface area is 138 Å². The van der Waals surface area contributed by atoms with Crippen molar-refractivity contribution in [2.75, 3.05) is 13.2 Å². The first kappa shape index (κ1) is 18.2. The SMILES string of the molecule is CC[Si](CC)(CC)/C(C)=C1/CC2(COC(C)(C)OC2)CC1C. The van der Waals surface area contributed by atoms with E-state index in [-0.39, 0.29) is 5.41 Å². The van der Waals surface area contributed by atoms with E-state index in [4.69, 9.17) is 9.47 Å². The van der Waals surface area contributed by atoms with E-state index in [0.717, 1.165) is 13.2 Å². The molecule has 0 aromatic rings. The van der Waals surface area contributed by atoms with E-state index in [1.807, 2.05) is 13.8 Å². The Morgan fingerprint density at radius 2 is 1.59 bits per heavy atom. The van der Waals surface area contributed by atoms with Gasteiger partial charge in [-0.25, -0.2) is 0 Å². The molecule has 0 bridgehead atoms. The van der Waals surface area contributed by atoms with Gasteiger partial charge in [0, 0.05) is 5.41 Å². The zero-order valence-corrected chi connectivity index (χ0v) is 16.8. The van der Waals surface area contributed by atoms with E-state index in [9.17, 15) is 0 Å². The average Bonchev–Trinajstić information content (AvgIpc) is 2.82. The third kappa shape index (κ3) is 3.22. The predicted molar refractivity (Wildman–Crippen MR) is 96.7 cm³/mol. The first-order valence-electron chi connectivity index (χ1n) is 9.21. The lowest BCUT2D eigenvalue weighted by atomic mass is 9.86. The average molecular weight is 325 g/mol. The fraction of sp³-hybridized carbons (Fsp3) is 0.895. The maximum absolute atomic E-state index is 6.01. The lowest BCUT2D eigenvalue weighted by molar-refractivity contribution is -0.284. The van der Waals surface area contributed by atoms with Gasteiger partial charge in [-0.3, -0.25) is 0 Å². The molecule has 1 aliphatic heterocycles. The third-order valence-corrected chi connectivity index (χ3v) is 12.6. The molecule has 0 aromatic heterocycles. The molecule has 2 nitrogen and oxygen atoms in total.